The molecule has 2 aromatic heterocycles. The maximum absolute atomic E-state index is 13.3. The van der Waals surface area contributed by atoms with Gasteiger partial charge in [0.2, 0.25) is 0 Å². The number of nitrogens with zero attached hydrogens (tertiary/aromatic N) is 4. The van der Waals surface area contributed by atoms with Crippen molar-refractivity contribution in [1.82, 2.24) is 14.5 Å². The Labute approximate surface area is 201 Å². The fourth-order valence-corrected chi connectivity index (χ4v) is 4.36. The van der Waals surface area contributed by atoms with Crippen LogP contribution in [0.4, 0.5) is 5.82 Å². The van der Waals surface area contributed by atoms with Gasteiger partial charge in [0.15, 0.2) is 5.82 Å². The number of fused-ring (bicyclic) bond motifs is 1. The van der Waals surface area contributed by atoms with Gasteiger partial charge in [0, 0.05) is 24.0 Å². The lowest BCUT2D eigenvalue weighted by Gasteiger charge is -2.16. The summed E-state index contributed by atoms with van der Waals surface area (Å²) in [6.07, 6.45) is 3.66. The first-order valence-corrected chi connectivity index (χ1v) is 11.2. The highest BCUT2D eigenvalue weighted by Gasteiger charge is 2.30. The molecular formula is C26H21ClN4O3. The first-order chi connectivity index (χ1) is 16.3. The van der Waals surface area contributed by atoms with Gasteiger partial charge in [-0.1, -0.05) is 35.9 Å². The number of rotatable bonds is 5. The number of hydrogen-bond acceptors (Lipinski definition) is 4. The van der Waals surface area contributed by atoms with Gasteiger partial charge in [0.1, 0.15) is 11.5 Å². The molecule has 34 heavy (non-hydrogen) atoms. The number of carboxylic acid groups (broad SMARTS) is 1. The van der Waals surface area contributed by atoms with Crippen LogP contribution < -0.4 is 4.90 Å². The van der Waals surface area contributed by atoms with Crippen LogP contribution in [0.5, 0.6) is 0 Å². The number of carbonyl (C=O) groups excluding carboxylic acids is 1. The third-order valence-electron chi connectivity index (χ3n) is 5.91. The second kappa shape index (κ2) is 8.43. The minimum atomic E-state index is -1.10. The number of pyridine rings is 1. The second-order valence-corrected chi connectivity index (χ2v) is 8.80. The molecule has 0 atom stereocenters. The van der Waals surface area contributed by atoms with Crippen molar-refractivity contribution >= 4 is 29.3 Å². The molecule has 0 aliphatic carbocycles. The summed E-state index contributed by atoms with van der Waals surface area (Å²) in [6, 6.07) is 16.2. The lowest BCUT2D eigenvalue weighted by atomic mass is 9.99. The lowest BCUT2D eigenvalue weighted by Crippen LogP contribution is -2.24. The minimum absolute atomic E-state index is 0.0217. The summed E-state index contributed by atoms with van der Waals surface area (Å²) in [4.78, 5) is 35.6. The monoisotopic (exact) mass is 472 g/mol. The molecule has 8 heteroatoms. The molecule has 1 aliphatic heterocycles. The van der Waals surface area contributed by atoms with E-state index < -0.39 is 5.97 Å². The van der Waals surface area contributed by atoms with Crippen LogP contribution in [0.1, 0.15) is 46.2 Å². The molecule has 0 radical (unpaired) electrons. The first-order valence-electron chi connectivity index (χ1n) is 10.8. The van der Waals surface area contributed by atoms with Crippen LogP contribution in [-0.2, 0) is 6.54 Å². The molecular weight excluding hydrogens is 452 g/mol. The largest absolute Gasteiger partial charge is 0.478 e. The Morgan fingerprint density at radius 2 is 1.85 bits per heavy atom. The Balaban J connectivity index is 1.48. The summed E-state index contributed by atoms with van der Waals surface area (Å²) in [5.41, 5.74) is 3.60. The van der Waals surface area contributed by atoms with Gasteiger partial charge in [-0.2, -0.15) is 0 Å². The van der Waals surface area contributed by atoms with Gasteiger partial charge in [-0.25, -0.2) is 14.8 Å². The average Bonchev–Trinajstić information content (AvgIpc) is 3.44. The van der Waals surface area contributed by atoms with E-state index in [1.165, 1.54) is 6.07 Å². The van der Waals surface area contributed by atoms with Gasteiger partial charge < -0.3 is 9.67 Å². The van der Waals surface area contributed by atoms with Crippen molar-refractivity contribution in [3.63, 3.8) is 0 Å². The van der Waals surface area contributed by atoms with Crippen LogP contribution in [0.2, 0.25) is 5.02 Å². The van der Waals surface area contributed by atoms with E-state index >= 15 is 0 Å². The third kappa shape index (κ3) is 3.74. The first kappa shape index (κ1) is 21.9. The number of imidazole rings is 1. The van der Waals surface area contributed by atoms with Gasteiger partial charge in [0.25, 0.3) is 5.91 Å². The molecule has 1 aliphatic rings. The van der Waals surface area contributed by atoms with Crippen molar-refractivity contribution in [2.75, 3.05) is 4.90 Å². The van der Waals surface area contributed by atoms with Gasteiger partial charge in [-0.15, -0.1) is 0 Å². The van der Waals surface area contributed by atoms with Gasteiger partial charge >= 0.3 is 5.97 Å². The number of carboxylic acids is 1. The standard InChI is InChI=1S/C26H21ClN4O3/c1-15(2)30-11-10-28-24(30)22-4-3-5-23(29-22)31-14-18-7-6-16(12-19(18)25(31)32)17-8-9-21(27)20(13-17)26(33)34/h3-13,15H,14H2,1-2H3,(H,33,34). The average molecular weight is 473 g/mol. The Kier molecular flexibility index (Phi) is 5.42. The van der Waals surface area contributed by atoms with Crippen molar-refractivity contribution in [2.45, 2.75) is 26.4 Å². The molecule has 170 valence electrons. The molecule has 0 saturated heterocycles. The fraction of sp³-hybridized carbons (Fsp3) is 0.154. The van der Waals surface area contributed by atoms with E-state index in [4.69, 9.17) is 16.6 Å². The van der Waals surface area contributed by atoms with E-state index in [9.17, 15) is 14.7 Å². The quantitative estimate of drug-likeness (QED) is 0.402. The lowest BCUT2D eigenvalue weighted by molar-refractivity contribution is 0.0697. The SMILES string of the molecule is CC(C)n1ccnc1-c1cccc(N2Cc3ccc(-c4ccc(Cl)c(C(=O)O)c4)cc3C2=O)n1. The summed E-state index contributed by atoms with van der Waals surface area (Å²) in [5, 5.41) is 9.55. The maximum Gasteiger partial charge on any atom is 0.337 e. The van der Waals surface area contributed by atoms with E-state index in [2.05, 4.69) is 18.8 Å². The number of hydrogen-bond donors (Lipinski definition) is 1. The molecule has 1 amide bonds. The highest BCUT2D eigenvalue weighted by atomic mass is 35.5. The Bertz CT molecular complexity index is 1440. The highest BCUT2D eigenvalue weighted by Crippen LogP contribution is 2.33. The van der Waals surface area contributed by atoms with Crippen LogP contribution in [-0.4, -0.2) is 31.5 Å². The van der Waals surface area contributed by atoms with Gasteiger partial charge in [-0.3, -0.25) is 9.69 Å². The predicted molar refractivity (Wildman–Crippen MR) is 130 cm³/mol. The Hall–Kier alpha value is -3.97. The normalized spacial score (nSPS) is 12.9. The molecule has 5 rings (SSSR count). The molecule has 0 saturated carbocycles. The smallest absolute Gasteiger partial charge is 0.337 e. The molecule has 3 heterocycles. The van der Waals surface area contributed by atoms with Crippen LogP contribution in [0.15, 0.2) is 67.0 Å². The van der Waals surface area contributed by atoms with Crippen LogP contribution in [0.25, 0.3) is 22.6 Å². The number of carbonyl (C=O) groups is 2. The van der Waals surface area contributed by atoms with Crippen molar-refractivity contribution in [3.8, 4) is 22.6 Å². The predicted octanol–water partition coefficient (Wildman–Crippen LogP) is 5.71. The van der Waals surface area contributed by atoms with E-state index in [1.54, 1.807) is 29.3 Å². The molecule has 0 fully saturated rings. The van der Waals surface area contributed by atoms with Gasteiger partial charge in [0.05, 0.1) is 17.1 Å². The van der Waals surface area contributed by atoms with E-state index in [1.807, 2.05) is 41.1 Å². The van der Waals surface area contributed by atoms with Crippen LogP contribution in [0.3, 0.4) is 0 Å². The number of amides is 1. The van der Waals surface area contributed by atoms with Crippen LogP contribution in [0, 0.1) is 0 Å². The second-order valence-electron chi connectivity index (χ2n) is 8.40. The molecule has 2 aromatic carbocycles. The molecule has 0 bridgehead atoms. The third-order valence-corrected chi connectivity index (χ3v) is 6.24. The minimum Gasteiger partial charge on any atom is -0.478 e. The number of anilines is 1. The van der Waals surface area contributed by atoms with Gasteiger partial charge in [-0.05, 0) is 60.9 Å². The van der Waals surface area contributed by atoms with Crippen molar-refractivity contribution in [1.29, 1.82) is 0 Å². The summed E-state index contributed by atoms with van der Waals surface area (Å²) < 4.78 is 2.04. The zero-order valence-electron chi connectivity index (χ0n) is 18.6. The molecule has 7 nitrogen and oxygen atoms in total. The summed E-state index contributed by atoms with van der Waals surface area (Å²) in [7, 11) is 0. The molecule has 0 spiro atoms. The Morgan fingerprint density at radius 1 is 1.09 bits per heavy atom. The fourth-order valence-electron chi connectivity index (χ4n) is 4.16. The number of halogens is 1. The van der Waals surface area contributed by atoms with Crippen molar-refractivity contribution in [3.05, 3.63) is 88.7 Å². The van der Waals surface area contributed by atoms with E-state index in [0.717, 1.165) is 17.0 Å². The molecule has 1 N–H and O–H groups in total. The summed E-state index contributed by atoms with van der Waals surface area (Å²) >= 11 is 6.00. The number of aromatic carboxylic acids is 1. The van der Waals surface area contributed by atoms with Crippen molar-refractivity contribution < 1.29 is 14.7 Å². The molecule has 0 unspecified atom stereocenters. The number of aromatic nitrogens is 3. The zero-order chi connectivity index (χ0) is 24.0. The Morgan fingerprint density at radius 3 is 2.62 bits per heavy atom. The topological polar surface area (TPSA) is 88.3 Å². The van der Waals surface area contributed by atoms with Crippen molar-refractivity contribution in [2.24, 2.45) is 0 Å². The summed E-state index contributed by atoms with van der Waals surface area (Å²) in [5.74, 6) is 0.0546. The molecule has 4 aromatic rings. The van der Waals surface area contributed by atoms with E-state index in [0.29, 0.717) is 29.2 Å². The summed E-state index contributed by atoms with van der Waals surface area (Å²) in [6.45, 7) is 4.56. The van der Waals surface area contributed by atoms with Crippen LogP contribution >= 0.6 is 11.6 Å². The number of benzene rings is 2. The maximum atomic E-state index is 13.3. The van der Waals surface area contributed by atoms with E-state index in [-0.39, 0.29) is 22.5 Å². The zero-order valence-corrected chi connectivity index (χ0v) is 19.3. The highest BCUT2D eigenvalue weighted by molar-refractivity contribution is 6.33.